The second-order valence-corrected chi connectivity index (χ2v) is 5.23. The molecule has 3 heteroatoms. The first kappa shape index (κ1) is 15.1. The fourth-order valence-corrected chi connectivity index (χ4v) is 2.41. The molecule has 102 valence electrons. The summed E-state index contributed by atoms with van der Waals surface area (Å²) in [7, 11) is 0. The molecule has 18 heavy (non-hydrogen) atoms. The maximum Gasteiger partial charge on any atom is 0.162 e. The Morgan fingerprint density at radius 3 is 2.56 bits per heavy atom. The normalized spacial score (nSPS) is 14.5. The molecule has 1 unspecified atom stereocenters. The van der Waals surface area contributed by atoms with Crippen LogP contribution in [0.5, 0.6) is 0 Å². The minimum atomic E-state index is -0.755. The van der Waals surface area contributed by atoms with Gasteiger partial charge in [0.15, 0.2) is 11.6 Å². The summed E-state index contributed by atoms with van der Waals surface area (Å²) in [6, 6.07) is 4.42. The Hall–Kier alpha value is -0.960. The molecule has 0 aliphatic rings. The van der Waals surface area contributed by atoms with Crippen LogP contribution in [0.15, 0.2) is 18.2 Å². The van der Waals surface area contributed by atoms with Gasteiger partial charge in [-0.15, -0.1) is 0 Å². The lowest BCUT2D eigenvalue weighted by molar-refractivity contribution is 0.273. The van der Waals surface area contributed by atoms with E-state index in [-0.39, 0.29) is 5.41 Å². The third-order valence-electron chi connectivity index (χ3n) is 3.30. The van der Waals surface area contributed by atoms with E-state index in [1.54, 1.807) is 12.1 Å². The summed E-state index contributed by atoms with van der Waals surface area (Å²) in [6.07, 6.45) is 2.60. The van der Waals surface area contributed by atoms with E-state index in [4.69, 9.17) is 0 Å². The van der Waals surface area contributed by atoms with E-state index in [2.05, 4.69) is 26.1 Å². The van der Waals surface area contributed by atoms with E-state index < -0.39 is 11.6 Å². The summed E-state index contributed by atoms with van der Waals surface area (Å²) in [5.74, 6) is -1.45. The van der Waals surface area contributed by atoms with Gasteiger partial charge in [-0.2, -0.15) is 0 Å². The molecule has 0 aromatic heterocycles. The highest BCUT2D eigenvalue weighted by Crippen LogP contribution is 2.29. The monoisotopic (exact) mass is 255 g/mol. The molecule has 0 bridgehead atoms. The molecule has 0 saturated carbocycles. The van der Waals surface area contributed by atoms with Crippen LogP contribution < -0.4 is 5.32 Å². The minimum absolute atomic E-state index is 0.0284. The standard InChI is InChI=1S/C15H23F2N/c1-4-9-15(3,11-18-5-2)10-12-7-6-8-13(16)14(12)17/h6-8,18H,4-5,9-11H2,1-3H3. The Balaban J connectivity index is 2.85. The average Bonchev–Trinajstić information content (AvgIpc) is 2.33. The molecule has 0 fully saturated rings. The zero-order valence-corrected chi connectivity index (χ0v) is 11.5. The molecule has 1 rings (SSSR count). The second-order valence-electron chi connectivity index (χ2n) is 5.23. The van der Waals surface area contributed by atoms with E-state index in [0.717, 1.165) is 25.9 Å². The Morgan fingerprint density at radius 1 is 1.22 bits per heavy atom. The van der Waals surface area contributed by atoms with Crippen molar-refractivity contribution in [1.82, 2.24) is 5.32 Å². The first-order valence-corrected chi connectivity index (χ1v) is 6.66. The molecule has 0 radical (unpaired) electrons. The fourth-order valence-electron chi connectivity index (χ4n) is 2.41. The zero-order valence-electron chi connectivity index (χ0n) is 11.5. The fraction of sp³-hybridized carbons (Fsp3) is 0.600. The maximum atomic E-state index is 13.7. The maximum absolute atomic E-state index is 13.7. The van der Waals surface area contributed by atoms with Crippen molar-refractivity contribution in [3.63, 3.8) is 0 Å². The number of hydrogen-bond donors (Lipinski definition) is 1. The molecule has 1 N–H and O–H groups in total. The van der Waals surface area contributed by atoms with Crippen LogP contribution in [0.4, 0.5) is 8.78 Å². The van der Waals surface area contributed by atoms with Crippen LogP contribution in [-0.2, 0) is 6.42 Å². The van der Waals surface area contributed by atoms with Crippen molar-refractivity contribution in [3.8, 4) is 0 Å². The van der Waals surface area contributed by atoms with E-state index in [9.17, 15) is 8.78 Å². The quantitative estimate of drug-likeness (QED) is 0.778. The third kappa shape index (κ3) is 4.05. The predicted molar refractivity (Wildman–Crippen MR) is 71.6 cm³/mol. The number of benzene rings is 1. The van der Waals surface area contributed by atoms with Crippen molar-refractivity contribution in [3.05, 3.63) is 35.4 Å². The van der Waals surface area contributed by atoms with Gasteiger partial charge in [0, 0.05) is 6.54 Å². The summed E-state index contributed by atoms with van der Waals surface area (Å²) in [5, 5.41) is 3.31. The molecule has 1 nitrogen and oxygen atoms in total. The van der Waals surface area contributed by atoms with E-state index in [0.29, 0.717) is 12.0 Å². The Labute approximate surface area is 109 Å². The van der Waals surface area contributed by atoms with Crippen molar-refractivity contribution in [2.45, 2.75) is 40.0 Å². The van der Waals surface area contributed by atoms with Crippen LogP contribution >= 0.6 is 0 Å². The van der Waals surface area contributed by atoms with Gasteiger partial charge >= 0.3 is 0 Å². The van der Waals surface area contributed by atoms with Crippen molar-refractivity contribution in [1.29, 1.82) is 0 Å². The Kier molecular flexibility index (Phi) is 5.73. The van der Waals surface area contributed by atoms with Gasteiger partial charge in [-0.3, -0.25) is 0 Å². The van der Waals surface area contributed by atoms with Crippen LogP contribution in [0.25, 0.3) is 0 Å². The molecule has 1 atom stereocenters. The Bertz CT molecular complexity index is 379. The highest BCUT2D eigenvalue weighted by Gasteiger charge is 2.25. The van der Waals surface area contributed by atoms with Crippen molar-refractivity contribution < 1.29 is 8.78 Å². The molecule has 0 spiro atoms. The summed E-state index contributed by atoms with van der Waals surface area (Å²) in [5.41, 5.74) is 0.447. The molecule has 0 amide bonds. The molecular weight excluding hydrogens is 232 g/mol. The largest absolute Gasteiger partial charge is 0.316 e. The number of nitrogens with one attached hydrogen (secondary N) is 1. The molecule has 0 aliphatic heterocycles. The average molecular weight is 255 g/mol. The number of halogens is 2. The smallest absolute Gasteiger partial charge is 0.162 e. The highest BCUT2D eigenvalue weighted by atomic mass is 19.2. The summed E-state index contributed by atoms with van der Waals surface area (Å²) in [6.45, 7) is 8.02. The van der Waals surface area contributed by atoms with Gasteiger partial charge in [-0.25, -0.2) is 8.78 Å². The summed E-state index contributed by atoms with van der Waals surface area (Å²) < 4.78 is 26.9. The molecule has 0 saturated heterocycles. The van der Waals surface area contributed by atoms with Gasteiger partial charge in [0.1, 0.15) is 0 Å². The second kappa shape index (κ2) is 6.83. The van der Waals surface area contributed by atoms with Crippen LogP contribution in [0.3, 0.4) is 0 Å². The van der Waals surface area contributed by atoms with Crippen LogP contribution in [-0.4, -0.2) is 13.1 Å². The lowest BCUT2D eigenvalue weighted by Crippen LogP contribution is -2.34. The van der Waals surface area contributed by atoms with Crippen molar-refractivity contribution in [2.75, 3.05) is 13.1 Å². The number of hydrogen-bond acceptors (Lipinski definition) is 1. The molecule has 1 aromatic rings. The van der Waals surface area contributed by atoms with E-state index in [1.807, 2.05) is 0 Å². The van der Waals surface area contributed by atoms with Crippen LogP contribution in [0, 0.1) is 17.0 Å². The van der Waals surface area contributed by atoms with Gasteiger partial charge in [0.2, 0.25) is 0 Å². The minimum Gasteiger partial charge on any atom is -0.316 e. The van der Waals surface area contributed by atoms with Gasteiger partial charge in [0.05, 0.1) is 0 Å². The number of rotatable bonds is 7. The lowest BCUT2D eigenvalue weighted by Gasteiger charge is -2.30. The third-order valence-corrected chi connectivity index (χ3v) is 3.30. The predicted octanol–water partition coefficient (Wildman–Crippen LogP) is 3.92. The first-order valence-electron chi connectivity index (χ1n) is 6.66. The molecule has 1 aromatic carbocycles. The van der Waals surface area contributed by atoms with Crippen LogP contribution in [0.1, 0.15) is 39.2 Å². The SMILES string of the molecule is CCCC(C)(CNCC)Cc1cccc(F)c1F. The Morgan fingerprint density at radius 2 is 1.94 bits per heavy atom. The van der Waals surface area contributed by atoms with Gasteiger partial charge < -0.3 is 5.32 Å². The molecule has 0 heterocycles. The van der Waals surface area contributed by atoms with Crippen LogP contribution in [0.2, 0.25) is 0 Å². The van der Waals surface area contributed by atoms with Crippen molar-refractivity contribution in [2.24, 2.45) is 5.41 Å². The van der Waals surface area contributed by atoms with Gasteiger partial charge in [0.25, 0.3) is 0 Å². The van der Waals surface area contributed by atoms with E-state index >= 15 is 0 Å². The van der Waals surface area contributed by atoms with Gasteiger partial charge in [-0.1, -0.05) is 39.3 Å². The topological polar surface area (TPSA) is 12.0 Å². The van der Waals surface area contributed by atoms with E-state index in [1.165, 1.54) is 6.07 Å². The molecule has 0 aliphatic carbocycles. The summed E-state index contributed by atoms with van der Waals surface area (Å²) in [4.78, 5) is 0. The first-order chi connectivity index (χ1) is 8.52. The highest BCUT2D eigenvalue weighted by molar-refractivity contribution is 5.20. The van der Waals surface area contributed by atoms with Gasteiger partial charge in [-0.05, 0) is 36.4 Å². The van der Waals surface area contributed by atoms with Crippen molar-refractivity contribution >= 4 is 0 Å². The lowest BCUT2D eigenvalue weighted by atomic mass is 9.79. The summed E-state index contributed by atoms with van der Waals surface area (Å²) >= 11 is 0. The zero-order chi connectivity index (χ0) is 13.6. The molecular formula is C15H23F2N.